The van der Waals surface area contributed by atoms with E-state index in [1.54, 1.807) is 12.1 Å². The first kappa shape index (κ1) is 13.7. The lowest BCUT2D eigenvalue weighted by Crippen LogP contribution is -2.31. The number of esters is 1. The second kappa shape index (κ2) is 6.47. The molecule has 1 aliphatic heterocycles. The Balaban J connectivity index is 1.93. The van der Waals surface area contributed by atoms with E-state index in [2.05, 4.69) is 27.2 Å². The largest absolute Gasteiger partial charge is 0.464 e. The molecule has 1 unspecified atom stereocenters. The van der Waals surface area contributed by atoms with Crippen LogP contribution in [0.1, 0.15) is 30.3 Å². The minimum atomic E-state index is -0.475. The molecule has 0 aromatic carbocycles. The van der Waals surface area contributed by atoms with Gasteiger partial charge in [0.1, 0.15) is 5.82 Å². The Morgan fingerprint density at radius 3 is 2.74 bits per heavy atom. The van der Waals surface area contributed by atoms with Crippen LogP contribution in [0.5, 0.6) is 0 Å². The van der Waals surface area contributed by atoms with E-state index in [-0.39, 0.29) is 5.69 Å². The number of nitrogens with zero attached hydrogens (tertiary/aromatic N) is 2. The van der Waals surface area contributed by atoms with Gasteiger partial charge in [-0.25, -0.2) is 4.79 Å². The summed E-state index contributed by atoms with van der Waals surface area (Å²) in [5.41, 5.74) is 0.215. The Bertz CT molecular complexity index is 416. The van der Waals surface area contributed by atoms with Crippen molar-refractivity contribution in [1.82, 2.24) is 10.2 Å². The molecule has 19 heavy (non-hydrogen) atoms. The van der Waals surface area contributed by atoms with Crippen molar-refractivity contribution < 1.29 is 14.3 Å². The van der Waals surface area contributed by atoms with Crippen LogP contribution in [0.2, 0.25) is 0 Å². The van der Waals surface area contributed by atoms with Crippen LogP contribution in [0.3, 0.4) is 0 Å². The second-order valence-electron chi connectivity index (χ2n) is 4.68. The number of rotatable bonds is 4. The highest BCUT2D eigenvalue weighted by molar-refractivity contribution is 5.86. The van der Waals surface area contributed by atoms with Crippen molar-refractivity contribution in [3.05, 3.63) is 17.8 Å². The van der Waals surface area contributed by atoms with Crippen molar-refractivity contribution in [3.8, 4) is 0 Å². The van der Waals surface area contributed by atoms with E-state index in [1.165, 1.54) is 7.11 Å². The third-order valence-corrected chi connectivity index (χ3v) is 3.41. The highest BCUT2D eigenvalue weighted by Gasteiger charge is 2.20. The second-order valence-corrected chi connectivity index (χ2v) is 4.68. The Morgan fingerprint density at radius 1 is 1.42 bits per heavy atom. The molecule has 1 aliphatic rings. The van der Waals surface area contributed by atoms with E-state index in [0.29, 0.717) is 17.8 Å². The third-order valence-electron chi connectivity index (χ3n) is 3.41. The number of carbonyl (C=O) groups is 1. The van der Waals surface area contributed by atoms with Gasteiger partial charge in [-0.05, 0) is 37.8 Å². The Kier molecular flexibility index (Phi) is 4.68. The topological polar surface area (TPSA) is 73.3 Å². The summed E-state index contributed by atoms with van der Waals surface area (Å²) in [5.74, 6) is 0.777. The quantitative estimate of drug-likeness (QED) is 0.831. The molecular weight excluding hydrogens is 246 g/mol. The molecule has 0 spiro atoms. The number of hydrogen-bond acceptors (Lipinski definition) is 6. The van der Waals surface area contributed by atoms with Gasteiger partial charge >= 0.3 is 5.97 Å². The minimum Gasteiger partial charge on any atom is -0.464 e. The Morgan fingerprint density at radius 2 is 2.16 bits per heavy atom. The summed E-state index contributed by atoms with van der Waals surface area (Å²) in [5, 5.41) is 11.1. The highest BCUT2D eigenvalue weighted by Crippen LogP contribution is 2.20. The molecule has 0 bridgehead atoms. The number of aromatic nitrogens is 2. The van der Waals surface area contributed by atoms with Crippen LogP contribution in [0, 0.1) is 5.92 Å². The monoisotopic (exact) mass is 265 g/mol. The zero-order valence-corrected chi connectivity index (χ0v) is 11.3. The Hall–Kier alpha value is -1.69. The average molecular weight is 265 g/mol. The van der Waals surface area contributed by atoms with Gasteiger partial charge in [-0.15, -0.1) is 10.2 Å². The van der Waals surface area contributed by atoms with Crippen LogP contribution in [-0.2, 0) is 9.47 Å². The zero-order chi connectivity index (χ0) is 13.7. The van der Waals surface area contributed by atoms with Gasteiger partial charge in [0.15, 0.2) is 5.69 Å². The van der Waals surface area contributed by atoms with Crippen molar-refractivity contribution in [3.63, 3.8) is 0 Å². The third kappa shape index (κ3) is 3.64. The number of carbonyl (C=O) groups excluding carboxylic acids is 1. The lowest BCUT2D eigenvalue weighted by Gasteiger charge is -2.28. The standard InChI is InChI=1S/C13H19N3O3/c1-9(10-5-7-19-8-6-10)14-12-4-3-11(15-16-12)13(17)18-2/h3-4,9-10H,5-8H2,1-2H3,(H,14,16). The molecule has 2 heterocycles. The normalized spacial score (nSPS) is 17.8. The summed E-state index contributed by atoms with van der Waals surface area (Å²) in [6.07, 6.45) is 2.11. The fourth-order valence-electron chi connectivity index (χ4n) is 2.19. The lowest BCUT2D eigenvalue weighted by molar-refractivity contribution is 0.0592. The summed E-state index contributed by atoms with van der Waals surface area (Å²) >= 11 is 0. The van der Waals surface area contributed by atoms with Crippen LogP contribution in [0.4, 0.5) is 5.82 Å². The minimum absolute atomic E-state index is 0.215. The Labute approximate surface area is 112 Å². The zero-order valence-electron chi connectivity index (χ0n) is 11.3. The number of nitrogens with one attached hydrogen (secondary N) is 1. The summed E-state index contributed by atoms with van der Waals surface area (Å²) in [7, 11) is 1.32. The smallest absolute Gasteiger partial charge is 0.358 e. The van der Waals surface area contributed by atoms with E-state index in [9.17, 15) is 4.79 Å². The molecule has 1 aromatic rings. The molecule has 0 amide bonds. The van der Waals surface area contributed by atoms with Crippen molar-refractivity contribution in [1.29, 1.82) is 0 Å². The maximum absolute atomic E-state index is 11.2. The summed E-state index contributed by atoms with van der Waals surface area (Å²) in [6.45, 7) is 3.78. The van der Waals surface area contributed by atoms with Crippen LogP contribution in [0.15, 0.2) is 12.1 Å². The van der Waals surface area contributed by atoms with Crippen LogP contribution >= 0.6 is 0 Å². The van der Waals surface area contributed by atoms with Gasteiger partial charge in [0, 0.05) is 19.3 Å². The number of ether oxygens (including phenoxy) is 2. The summed E-state index contributed by atoms with van der Waals surface area (Å²) in [6, 6.07) is 3.66. The number of anilines is 1. The maximum atomic E-state index is 11.2. The molecule has 1 N–H and O–H groups in total. The van der Waals surface area contributed by atoms with Crippen molar-refractivity contribution >= 4 is 11.8 Å². The molecule has 1 fully saturated rings. The van der Waals surface area contributed by atoms with Crippen LogP contribution < -0.4 is 5.32 Å². The van der Waals surface area contributed by atoms with Gasteiger partial charge < -0.3 is 14.8 Å². The fraction of sp³-hybridized carbons (Fsp3) is 0.615. The van der Waals surface area contributed by atoms with Gasteiger partial charge in [-0.1, -0.05) is 0 Å². The van der Waals surface area contributed by atoms with Crippen LogP contribution in [0.25, 0.3) is 0 Å². The molecule has 2 rings (SSSR count). The highest BCUT2D eigenvalue weighted by atomic mass is 16.5. The van der Waals surface area contributed by atoms with E-state index in [0.717, 1.165) is 26.1 Å². The van der Waals surface area contributed by atoms with Gasteiger partial charge in [0.05, 0.1) is 7.11 Å². The molecule has 0 radical (unpaired) electrons. The number of methoxy groups -OCH3 is 1. The molecule has 6 nitrogen and oxygen atoms in total. The van der Waals surface area contributed by atoms with Gasteiger partial charge in [0.25, 0.3) is 0 Å². The van der Waals surface area contributed by atoms with Gasteiger partial charge in [-0.3, -0.25) is 0 Å². The first-order chi connectivity index (χ1) is 9.20. The van der Waals surface area contributed by atoms with E-state index >= 15 is 0 Å². The molecular formula is C13H19N3O3. The predicted molar refractivity (Wildman–Crippen MR) is 70.0 cm³/mol. The SMILES string of the molecule is COC(=O)c1ccc(NC(C)C2CCOCC2)nn1. The lowest BCUT2D eigenvalue weighted by atomic mass is 9.93. The average Bonchev–Trinajstić information content (AvgIpc) is 2.48. The van der Waals surface area contributed by atoms with E-state index < -0.39 is 5.97 Å². The van der Waals surface area contributed by atoms with Gasteiger partial charge in [0.2, 0.25) is 0 Å². The summed E-state index contributed by atoms with van der Waals surface area (Å²) < 4.78 is 9.92. The van der Waals surface area contributed by atoms with E-state index in [4.69, 9.17) is 4.74 Å². The number of hydrogen-bond donors (Lipinski definition) is 1. The predicted octanol–water partition coefficient (Wildman–Crippen LogP) is 1.49. The maximum Gasteiger partial charge on any atom is 0.358 e. The van der Waals surface area contributed by atoms with Gasteiger partial charge in [-0.2, -0.15) is 0 Å². The first-order valence-corrected chi connectivity index (χ1v) is 6.47. The van der Waals surface area contributed by atoms with Crippen molar-refractivity contribution in [2.24, 2.45) is 5.92 Å². The first-order valence-electron chi connectivity index (χ1n) is 6.47. The fourth-order valence-corrected chi connectivity index (χ4v) is 2.19. The van der Waals surface area contributed by atoms with E-state index in [1.807, 2.05) is 0 Å². The molecule has 1 saturated heterocycles. The van der Waals surface area contributed by atoms with Crippen molar-refractivity contribution in [2.45, 2.75) is 25.8 Å². The molecule has 0 saturated carbocycles. The molecule has 1 atom stereocenters. The van der Waals surface area contributed by atoms with Crippen molar-refractivity contribution in [2.75, 3.05) is 25.6 Å². The molecule has 104 valence electrons. The molecule has 0 aliphatic carbocycles. The molecule has 6 heteroatoms. The van der Waals surface area contributed by atoms with Crippen LogP contribution in [-0.4, -0.2) is 42.5 Å². The molecule has 1 aromatic heterocycles. The summed E-state index contributed by atoms with van der Waals surface area (Å²) in [4.78, 5) is 11.2.